The summed E-state index contributed by atoms with van der Waals surface area (Å²) in [5, 5.41) is 16.7. The lowest BCUT2D eigenvalue weighted by molar-refractivity contribution is -0.384. The first-order valence-corrected chi connectivity index (χ1v) is 6.98. The molecule has 1 saturated carbocycles. The minimum atomic E-state index is -0.445. The molecule has 0 saturated heterocycles. The number of rotatable bonds is 8. The summed E-state index contributed by atoms with van der Waals surface area (Å²) in [6.45, 7) is 2.79. The van der Waals surface area contributed by atoms with Crippen LogP contribution in [0, 0.1) is 10.1 Å². The van der Waals surface area contributed by atoms with Gasteiger partial charge in [0.05, 0.1) is 18.1 Å². The van der Waals surface area contributed by atoms with Gasteiger partial charge in [-0.3, -0.25) is 14.9 Å². The molecule has 0 radical (unpaired) electrons. The fraction of sp³-hybridized carbons (Fsp3) is 0.500. The predicted molar refractivity (Wildman–Crippen MR) is 78.1 cm³/mol. The average Bonchev–Trinajstić information content (AvgIpc) is 3.27. The van der Waals surface area contributed by atoms with Crippen LogP contribution in [-0.2, 0) is 16.1 Å². The topological polar surface area (TPSA) is 93.5 Å². The Labute approximate surface area is 122 Å². The summed E-state index contributed by atoms with van der Waals surface area (Å²) in [7, 11) is 0. The van der Waals surface area contributed by atoms with Crippen molar-refractivity contribution < 1.29 is 14.5 Å². The SMILES string of the molecule is CCOCc1cc([N+](=O)[O-])ccc1NCC(=O)NC1CC1. The van der Waals surface area contributed by atoms with Gasteiger partial charge in [-0.05, 0) is 25.8 Å². The zero-order chi connectivity index (χ0) is 15.2. The second-order valence-electron chi connectivity index (χ2n) is 4.93. The van der Waals surface area contributed by atoms with Crippen molar-refractivity contribution in [1.29, 1.82) is 0 Å². The number of carbonyl (C=O) groups is 1. The highest BCUT2D eigenvalue weighted by atomic mass is 16.6. The number of carbonyl (C=O) groups excluding carboxylic acids is 1. The molecule has 114 valence electrons. The lowest BCUT2D eigenvalue weighted by atomic mass is 10.1. The Bertz CT molecular complexity index is 529. The Hall–Kier alpha value is -2.15. The van der Waals surface area contributed by atoms with Gasteiger partial charge >= 0.3 is 0 Å². The van der Waals surface area contributed by atoms with Gasteiger partial charge in [-0.25, -0.2) is 0 Å². The van der Waals surface area contributed by atoms with Crippen molar-refractivity contribution >= 4 is 17.3 Å². The van der Waals surface area contributed by atoms with Crippen LogP contribution in [0.1, 0.15) is 25.3 Å². The number of anilines is 1. The zero-order valence-electron chi connectivity index (χ0n) is 11.9. The quantitative estimate of drug-likeness (QED) is 0.563. The number of non-ortho nitro benzene ring substituents is 1. The number of nitro groups is 1. The molecular weight excluding hydrogens is 274 g/mol. The fourth-order valence-corrected chi connectivity index (χ4v) is 1.88. The third-order valence-corrected chi connectivity index (χ3v) is 3.14. The summed E-state index contributed by atoms with van der Waals surface area (Å²) in [5.41, 5.74) is 1.36. The lowest BCUT2D eigenvalue weighted by Gasteiger charge is -2.12. The van der Waals surface area contributed by atoms with Crippen molar-refractivity contribution in [2.24, 2.45) is 0 Å². The van der Waals surface area contributed by atoms with Crippen molar-refractivity contribution in [1.82, 2.24) is 5.32 Å². The number of benzene rings is 1. The Morgan fingerprint density at radius 1 is 1.48 bits per heavy atom. The van der Waals surface area contributed by atoms with Crippen LogP contribution in [0.3, 0.4) is 0 Å². The van der Waals surface area contributed by atoms with Gasteiger partial charge in [-0.15, -0.1) is 0 Å². The normalized spacial score (nSPS) is 13.8. The van der Waals surface area contributed by atoms with Crippen LogP contribution < -0.4 is 10.6 Å². The number of ether oxygens (including phenoxy) is 1. The van der Waals surface area contributed by atoms with E-state index in [0.717, 1.165) is 12.8 Å². The van der Waals surface area contributed by atoms with Gasteiger partial charge < -0.3 is 15.4 Å². The molecule has 1 aliphatic rings. The highest BCUT2D eigenvalue weighted by molar-refractivity contribution is 5.81. The second-order valence-corrected chi connectivity index (χ2v) is 4.93. The highest BCUT2D eigenvalue weighted by Gasteiger charge is 2.23. The molecule has 21 heavy (non-hydrogen) atoms. The molecule has 1 aromatic rings. The summed E-state index contributed by atoms with van der Waals surface area (Å²) in [6.07, 6.45) is 2.08. The third-order valence-electron chi connectivity index (χ3n) is 3.14. The maximum absolute atomic E-state index is 11.7. The molecule has 0 aliphatic heterocycles. The molecule has 7 heteroatoms. The van der Waals surface area contributed by atoms with Crippen LogP contribution in [-0.4, -0.2) is 30.0 Å². The Balaban J connectivity index is 2.01. The molecule has 0 spiro atoms. The smallest absolute Gasteiger partial charge is 0.269 e. The lowest BCUT2D eigenvalue weighted by Crippen LogP contribution is -2.31. The van der Waals surface area contributed by atoms with Crippen molar-refractivity contribution in [3.63, 3.8) is 0 Å². The van der Waals surface area contributed by atoms with Gasteiger partial charge in [0, 0.05) is 36.0 Å². The van der Waals surface area contributed by atoms with E-state index in [2.05, 4.69) is 10.6 Å². The van der Waals surface area contributed by atoms with Crippen LogP contribution >= 0.6 is 0 Å². The van der Waals surface area contributed by atoms with Gasteiger partial charge in [0.1, 0.15) is 0 Å². The molecular formula is C14H19N3O4. The van der Waals surface area contributed by atoms with Gasteiger partial charge in [0.25, 0.3) is 5.69 Å². The van der Waals surface area contributed by atoms with E-state index in [0.29, 0.717) is 23.9 Å². The minimum Gasteiger partial charge on any atom is -0.377 e. The van der Waals surface area contributed by atoms with Crippen LogP contribution in [0.25, 0.3) is 0 Å². The molecule has 1 aliphatic carbocycles. The molecule has 1 fully saturated rings. The molecule has 0 atom stereocenters. The van der Waals surface area contributed by atoms with Crippen LogP contribution in [0.2, 0.25) is 0 Å². The van der Waals surface area contributed by atoms with E-state index in [-0.39, 0.29) is 24.7 Å². The van der Waals surface area contributed by atoms with Gasteiger partial charge in [-0.1, -0.05) is 0 Å². The van der Waals surface area contributed by atoms with Gasteiger partial charge in [0.15, 0.2) is 0 Å². The van der Waals surface area contributed by atoms with E-state index in [1.54, 1.807) is 6.07 Å². The summed E-state index contributed by atoms with van der Waals surface area (Å²) in [4.78, 5) is 22.0. The molecule has 1 amide bonds. The van der Waals surface area contributed by atoms with Crippen LogP contribution in [0.5, 0.6) is 0 Å². The number of hydrogen-bond acceptors (Lipinski definition) is 5. The molecule has 2 N–H and O–H groups in total. The third kappa shape index (κ3) is 4.71. The molecule has 0 aromatic heterocycles. The maximum atomic E-state index is 11.7. The first kappa shape index (κ1) is 15.2. The molecule has 0 unspecified atom stereocenters. The highest BCUT2D eigenvalue weighted by Crippen LogP contribution is 2.23. The van der Waals surface area contributed by atoms with E-state index in [1.165, 1.54) is 12.1 Å². The Kier molecular flexibility index (Phi) is 5.10. The summed E-state index contributed by atoms with van der Waals surface area (Å²) < 4.78 is 5.31. The standard InChI is InChI=1S/C14H19N3O4/c1-2-21-9-10-7-12(17(19)20)5-6-13(10)15-8-14(18)16-11-3-4-11/h5-7,11,15H,2-4,8-9H2,1H3,(H,16,18). The van der Waals surface area contributed by atoms with Crippen molar-refractivity contribution in [3.05, 3.63) is 33.9 Å². The maximum Gasteiger partial charge on any atom is 0.269 e. The van der Waals surface area contributed by atoms with E-state index < -0.39 is 4.92 Å². The van der Waals surface area contributed by atoms with Crippen LogP contribution in [0.4, 0.5) is 11.4 Å². The number of amides is 1. The Morgan fingerprint density at radius 2 is 2.24 bits per heavy atom. The predicted octanol–water partition coefficient (Wildman–Crippen LogP) is 1.82. The molecule has 2 rings (SSSR count). The van der Waals surface area contributed by atoms with Crippen molar-refractivity contribution in [2.75, 3.05) is 18.5 Å². The first-order valence-electron chi connectivity index (χ1n) is 6.98. The second kappa shape index (κ2) is 7.03. The molecule has 7 nitrogen and oxygen atoms in total. The summed E-state index contributed by atoms with van der Waals surface area (Å²) >= 11 is 0. The minimum absolute atomic E-state index is 0.0117. The van der Waals surface area contributed by atoms with Gasteiger partial charge in [0.2, 0.25) is 5.91 Å². The summed E-state index contributed by atoms with van der Waals surface area (Å²) in [5.74, 6) is -0.0711. The van der Waals surface area contributed by atoms with Crippen LogP contribution in [0.15, 0.2) is 18.2 Å². The molecule has 0 bridgehead atoms. The van der Waals surface area contributed by atoms with E-state index >= 15 is 0 Å². The van der Waals surface area contributed by atoms with E-state index in [4.69, 9.17) is 4.74 Å². The molecule has 0 heterocycles. The van der Waals surface area contributed by atoms with Crippen molar-refractivity contribution in [3.8, 4) is 0 Å². The Morgan fingerprint density at radius 3 is 2.86 bits per heavy atom. The van der Waals surface area contributed by atoms with E-state index in [9.17, 15) is 14.9 Å². The summed E-state index contributed by atoms with van der Waals surface area (Å²) in [6, 6.07) is 4.81. The number of hydrogen-bond donors (Lipinski definition) is 2. The number of nitro benzene ring substituents is 1. The zero-order valence-corrected chi connectivity index (χ0v) is 11.9. The monoisotopic (exact) mass is 293 g/mol. The number of nitrogens with one attached hydrogen (secondary N) is 2. The average molecular weight is 293 g/mol. The fourth-order valence-electron chi connectivity index (χ4n) is 1.88. The first-order chi connectivity index (χ1) is 10.1. The van der Waals surface area contributed by atoms with Gasteiger partial charge in [-0.2, -0.15) is 0 Å². The van der Waals surface area contributed by atoms with Crippen molar-refractivity contribution in [2.45, 2.75) is 32.4 Å². The largest absolute Gasteiger partial charge is 0.377 e. The van der Waals surface area contributed by atoms with E-state index in [1.807, 2.05) is 6.92 Å². The number of nitrogens with zero attached hydrogens (tertiary/aromatic N) is 1. The molecule has 1 aromatic carbocycles.